The third-order valence-corrected chi connectivity index (χ3v) is 3.12. The van der Waals surface area contributed by atoms with Crippen molar-refractivity contribution < 1.29 is 19.4 Å². The first-order chi connectivity index (χ1) is 8.70. The molecule has 0 saturated carbocycles. The van der Waals surface area contributed by atoms with Crippen molar-refractivity contribution in [1.82, 2.24) is 4.90 Å². The van der Waals surface area contributed by atoms with Gasteiger partial charge in [-0.3, -0.25) is 4.79 Å². The van der Waals surface area contributed by atoms with E-state index in [1.54, 1.807) is 20.8 Å². The number of carboxylic acid groups (broad SMARTS) is 1. The zero-order chi connectivity index (χ0) is 14.7. The number of terminal acetylenes is 1. The summed E-state index contributed by atoms with van der Waals surface area (Å²) in [5.74, 6) is 1.46. The fraction of sp³-hybridized carbons (Fsp3) is 0.714. The Morgan fingerprint density at radius 1 is 1.47 bits per heavy atom. The zero-order valence-electron chi connectivity index (χ0n) is 11.7. The molecule has 0 spiro atoms. The topological polar surface area (TPSA) is 66.8 Å². The molecule has 1 N–H and O–H groups in total. The Balaban J connectivity index is 2.81. The van der Waals surface area contributed by atoms with E-state index in [0.717, 1.165) is 0 Å². The molecule has 0 aromatic carbocycles. The first kappa shape index (κ1) is 15.4. The predicted octanol–water partition coefficient (Wildman–Crippen LogP) is 2.11. The summed E-state index contributed by atoms with van der Waals surface area (Å²) >= 11 is 0. The minimum Gasteiger partial charge on any atom is -0.481 e. The molecule has 0 aliphatic carbocycles. The number of aliphatic carboxylic acids is 1. The smallest absolute Gasteiger partial charge is 0.410 e. The molecule has 5 heteroatoms. The first-order valence-electron chi connectivity index (χ1n) is 6.35. The second-order valence-electron chi connectivity index (χ2n) is 5.97. The molecular weight excluding hydrogens is 246 g/mol. The zero-order valence-corrected chi connectivity index (χ0v) is 11.7. The van der Waals surface area contributed by atoms with Crippen LogP contribution in [0.5, 0.6) is 0 Å². The molecule has 106 valence electrons. The van der Waals surface area contributed by atoms with E-state index >= 15 is 0 Å². The summed E-state index contributed by atoms with van der Waals surface area (Å²) in [6.45, 7) is 5.96. The lowest BCUT2D eigenvalue weighted by molar-refractivity contribution is -0.151. The van der Waals surface area contributed by atoms with E-state index in [4.69, 9.17) is 11.2 Å². The predicted molar refractivity (Wildman–Crippen MR) is 70.6 cm³/mol. The standard InChI is InChI=1S/C14H21NO4/c1-5-7-14(11(16)17)8-6-9-15(10-14)12(18)19-13(2,3)4/h1H,6-10H2,2-4H3,(H,16,17). The molecule has 0 aromatic rings. The summed E-state index contributed by atoms with van der Waals surface area (Å²) < 4.78 is 5.27. The number of nitrogens with zero attached hydrogens (tertiary/aromatic N) is 1. The number of ether oxygens (including phenoxy) is 1. The molecule has 0 bridgehead atoms. The minimum atomic E-state index is -1.04. The van der Waals surface area contributed by atoms with Gasteiger partial charge in [-0.1, -0.05) is 0 Å². The summed E-state index contributed by atoms with van der Waals surface area (Å²) in [7, 11) is 0. The SMILES string of the molecule is C#CCC1(C(=O)O)CCCN(C(=O)OC(C)(C)C)C1. The van der Waals surface area contributed by atoms with Crippen molar-refractivity contribution in [2.24, 2.45) is 5.41 Å². The van der Waals surface area contributed by atoms with Crippen LogP contribution in [0.3, 0.4) is 0 Å². The maximum absolute atomic E-state index is 12.0. The van der Waals surface area contributed by atoms with Crippen LogP contribution >= 0.6 is 0 Å². The Kier molecular flexibility index (Phi) is 4.46. The van der Waals surface area contributed by atoms with Crippen LogP contribution in [0.1, 0.15) is 40.0 Å². The Morgan fingerprint density at radius 2 is 2.11 bits per heavy atom. The molecule has 1 saturated heterocycles. The molecule has 1 atom stereocenters. The van der Waals surface area contributed by atoms with E-state index in [2.05, 4.69) is 5.92 Å². The lowest BCUT2D eigenvalue weighted by atomic mass is 9.77. The molecule has 0 radical (unpaired) electrons. The summed E-state index contributed by atoms with van der Waals surface area (Å²) in [6.07, 6.45) is 6.02. The fourth-order valence-electron chi connectivity index (χ4n) is 2.20. The van der Waals surface area contributed by atoms with Gasteiger partial charge in [0.15, 0.2) is 0 Å². The van der Waals surface area contributed by atoms with Crippen LogP contribution in [-0.4, -0.2) is 40.8 Å². The largest absolute Gasteiger partial charge is 0.481 e. The highest BCUT2D eigenvalue weighted by molar-refractivity contribution is 5.77. The number of hydrogen-bond acceptors (Lipinski definition) is 3. The van der Waals surface area contributed by atoms with Crippen LogP contribution in [0.25, 0.3) is 0 Å². The maximum atomic E-state index is 12.0. The number of carboxylic acids is 1. The third-order valence-electron chi connectivity index (χ3n) is 3.12. The highest BCUT2D eigenvalue weighted by Gasteiger charge is 2.43. The van der Waals surface area contributed by atoms with E-state index in [1.807, 2.05) is 0 Å². The molecular formula is C14H21NO4. The molecule has 1 rings (SSSR count). The van der Waals surface area contributed by atoms with E-state index < -0.39 is 23.1 Å². The Bertz CT molecular complexity index is 405. The van der Waals surface area contributed by atoms with Crippen molar-refractivity contribution in [2.75, 3.05) is 13.1 Å². The van der Waals surface area contributed by atoms with Gasteiger partial charge < -0.3 is 14.7 Å². The first-order valence-corrected chi connectivity index (χ1v) is 6.35. The van der Waals surface area contributed by atoms with Crippen LogP contribution in [-0.2, 0) is 9.53 Å². The van der Waals surface area contributed by atoms with Crippen molar-refractivity contribution in [1.29, 1.82) is 0 Å². The summed E-state index contributed by atoms with van der Waals surface area (Å²) in [4.78, 5) is 24.9. The molecule has 19 heavy (non-hydrogen) atoms. The number of carbonyl (C=O) groups excluding carboxylic acids is 1. The summed E-state index contributed by atoms with van der Waals surface area (Å²) in [6, 6.07) is 0. The highest BCUT2D eigenvalue weighted by Crippen LogP contribution is 2.34. The molecule has 1 amide bonds. The van der Waals surface area contributed by atoms with Crippen LogP contribution in [0.4, 0.5) is 4.79 Å². The van der Waals surface area contributed by atoms with Crippen molar-refractivity contribution in [3.63, 3.8) is 0 Å². The van der Waals surface area contributed by atoms with Gasteiger partial charge in [0.05, 0.1) is 5.41 Å². The lowest BCUT2D eigenvalue weighted by Crippen LogP contribution is -2.50. The van der Waals surface area contributed by atoms with Crippen LogP contribution in [0.15, 0.2) is 0 Å². The summed E-state index contributed by atoms with van der Waals surface area (Å²) in [5, 5.41) is 9.38. The Labute approximate surface area is 113 Å². The van der Waals surface area contributed by atoms with E-state index in [0.29, 0.717) is 19.4 Å². The molecule has 1 heterocycles. The molecule has 1 aliphatic heterocycles. The molecule has 5 nitrogen and oxygen atoms in total. The fourth-order valence-corrected chi connectivity index (χ4v) is 2.20. The number of carbonyl (C=O) groups is 2. The maximum Gasteiger partial charge on any atom is 0.410 e. The van der Waals surface area contributed by atoms with Crippen molar-refractivity contribution in [3.05, 3.63) is 0 Å². The van der Waals surface area contributed by atoms with Crippen molar-refractivity contribution in [3.8, 4) is 12.3 Å². The molecule has 0 aromatic heterocycles. The van der Waals surface area contributed by atoms with Gasteiger partial charge in [-0.2, -0.15) is 0 Å². The van der Waals surface area contributed by atoms with Crippen LogP contribution in [0.2, 0.25) is 0 Å². The monoisotopic (exact) mass is 267 g/mol. The summed E-state index contributed by atoms with van der Waals surface area (Å²) in [5.41, 5.74) is -1.63. The van der Waals surface area contributed by atoms with Gasteiger partial charge >= 0.3 is 12.1 Å². The second-order valence-corrected chi connectivity index (χ2v) is 5.97. The highest BCUT2D eigenvalue weighted by atomic mass is 16.6. The van der Waals surface area contributed by atoms with Gasteiger partial charge in [0.1, 0.15) is 5.60 Å². The second kappa shape index (κ2) is 5.52. The quantitative estimate of drug-likeness (QED) is 0.778. The number of hydrogen-bond donors (Lipinski definition) is 1. The minimum absolute atomic E-state index is 0.113. The van der Waals surface area contributed by atoms with Gasteiger partial charge in [-0.15, -0.1) is 12.3 Å². The average molecular weight is 267 g/mol. The van der Waals surface area contributed by atoms with Crippen molar-refractivity contribution >= 4 is 12.1 Å². The van der Waals surface area contributed by atoms with Crippen LogP contribution < -0.4 is 0 Å². The third kappa shape index (κ3) is 3.88. The van der Waals surface area contributed by atoms with Gasteiger partial charge in [0, 0.05) is 19.5 Å². The molecule has 1 fully saturated rings. The van der Waals surface area contributed by atoms with Gasteiger partial charge in [-0.05, 0) is 33.6 Å². The number of likely N-dealkylation sites (tertiary alicyclic amines) is 1. The average Bonchev–Trinajstić information content (AvgIpc) is 2.27. The van der Waals surface area contributed by atoms with E-state index in [-0.39, 0.29) is 13.0 Å². The number of piperidine rings is 1. The molecule has 1 unspecified atom stereocenters. The van der Waals surface area contributed by atoms with Crippen LogP contribution in [0, 0.1) is 17.8 Å². The lowest BCUT2D eigenvalue weighted by Gasteiger charge is -2.39. The number of rotatable bonds is 2. The van der Waals surface area contributed by atoms with Gasteiger partial charge in [0.25, 0.3) is 0 Å². The van der Waals surface area contributed by atoms with Gasteiger partial charge in [-0.25, -0.2) is 4.79 Å². The van der Waals surface area contributed by atoms with Crippen molar-refractivity contribution in [2.45, 2.75) is 45.6 Å². The Morgan fingerprint density at radius 3 is 2.58 bits per heavy atom. The Hall–Kier alpha value is -1.70. The normalized spacial score (nSPS) is 23.6. The molecule has 1 aliphatic rings. The van der Waals surface area contributed by atoms with Gasteiger partial charge in [0.2, 0.25) is 0 Å². The van der Waals surface area contributed by atoms with E-state index in [9.17, 15) is 14.7 Å². The number of amides is 1. The van der Waals surface area contributed by atoms with E-state index in [1.165, 1.54) is 4.90 Å².